The number of benzene rings is 1. The zero-order chi connectivity index (χ0) is 12.4. The molecule has 1 aromatic carbocycles. The van der Waals surface area contributed by atoms with Crippen molar-refractivity contribution in [2.75, 3.05) is 18.8 Å². The van der Waals surface area contributed by atoms with Crippen molar-refractivity contribution in [2.24, 2.45) is 0 Å². The number of hydrogen-bond donors (Lipinski definition) is 2. The first-order valence-electron chi connectivity index (χ1n) is 5.47. The van der Waals surface area contributed by atoms with Crippen LogP contribution in [0.4, 0.5) is 5.69 Å². The highest BCUT2D eigenvalue weighted by Crippen LogP contribution is 2.21. The number of carbonyl (C=O) groups is 2. The highest BCUT2D eigenvalue weighted by Gasteiger charge is 2.24. The Kier molecular flexibility index (Phi) is 2.99. The van der Waals surface area contributed by atoms with Gasteiger partial charge in [0.05, 0.1) is 6.42 Å². The van der Waals surface area contributed by atoms with Gasteiger partial charge in [-0.15, -0.1) is 0 Å². The number of aliphatic carboxylic acids is 1. The average molecular weight is 234 g/mol. The van der Waals surface area contributed by atoms with Crippen LogP contribution in [0.5, 0.6) is 0 Å². The third-order valence-corrected chi connectivity index (χ3v) is 2.90. The van der Waals surface area contributed by atoms with Gasteiger partial charge in [0.1, 0.15) is 0 Å². The molecule has 1 aliphatic heterocycles. The molecule has 1 heterocycles. The normalized spacial score (nSPS) is 14.6. The molecular weight excluding hydrogens is 220 g/mol. The predicted molar refractivity (Wildman–Crippen MR) is 62.7 cm³/mol. The summed E-state index contributed by atoms with van der Waals surface area (Å²) in [4.78, 5) is 24.1. The summed E-state index contributed by atoms with van der Waals surface area (Å²) in [7, 11) is 0. The van der Waals surface area contributed by atoms with Gasteiger partial charge >= 0.3 is 5.97 Å². The van der Waals surface area contributed by atoms with E-state index in [-0.39, 0.29) is 18.9 Å². The lowest BCUT2D eigenvalue weighted by atomic mass is 9.98. The third kappa shape index (κ3) is 2.38. The Morgan fingerprint density at radius 3 is 2.94 bits per heavy atom. The predicted octanol–water partition coefficient (Wildman–Crippen LogP) is 0.742. The maximum absolute atomic E-state index is 12.1. The van der Waals surface area contributed by atoms with Crippen LogP contribution in [0.15, 0.2) is 18.2 Å². The van der Waals surface area contributed by atoms with Gasteiger partial charge in [0.2, 0.25) is 0 Å². The second-order valence-corrected chi connectivity index (χ2v) is 4.10. The standard InChI is InChI=1S/C12H14N2O3/c13-9-2-1-8-3-5-14(6-4-11(15)16)12(17)10(8)7-9/h1-2,7H,3-6,13H2,(H,15,16). The van der Waals surface area contributed by atoms with E-state index in [0.717, 1.165) is 12.0 Å². The third-order valence-electron chi connectivity index (χ3n) is 2.90. The van der Waals surface area contributed by atoms with Crippen LogP contribution in [-0.2, 0) is 11.2 Å². The van der Waals surface area contributed by atoms with Gasteiger partial charge in [-0.3, -0.25) is 9.59 Å². The van der Waals surface area contributed by atoms with Crippen LogP contribution in [0.3, 0.4) is 0 Å². The highest BCUT2D eigenvalue weighted by atomic mass is 16.4. The molecule has 0 radical (unpaired) electrons. The monoisotopic (exact) mass is 234 g/mol. The summed E-state index contributed by atoms with van der Waals surface area (Å²) in [6.07, 6.45) is 0.727. The molecule has 5 nitrogen and oxygen atoms in total. The van der Waals surface area contributed by atoms with Crippen molar-refractivity contribution in [1.29, 1.82) is 0 Å². The molecule has 2 rings (SSSR count). The van der Waals surface area contributed by atoms with Crippen LogP contribution in [0.25, 0.3) is 0 Å². The molecule has 0 aromatic heterocycles. The largest absolute Gasteiger partial charge is 0.481 e. The van der Waals surface area contributed by atoms with E-state index in [1.807, 2.05) is 6.07 Å². The van der Waals surface area contributed by atoms with E-state index < -0.39 is 5.97 Å². The van der Waals surface area contributed by atoms with Gasteiger partial charge in [0, 0.05) is 24.3 Å². The number of carboxylic acid groups (broad SMARTS) is 1. The molecule has 90 valence electrons. The van der Waals surface area contributed by atoms with E-state index in [0.29, 0.717) is 17.8 Å². The summed E-state index contributed by atoms with van der Waals surface area (Å²) in [5.41, 5.74) is 7.78. The van der Waals surface area contributed by atoms with Gasteiger partial charge in [-0.2, -0.15) is 0 Å². The summed E-state index contributed by atoms with van der Waals surface area (Å²) in [5, 5.41) is 8.61. The molecule has 3 N–H and O–H groups in total. The van der Waals surface area contributed by atoms with Crippen molar-refractivity contribution in [3.63, 3.8) is 0 Å². The van der Waals surface area contributed by atoms with Crippen LogP contribution in [0, 0.1) is 0 Å². The molecule has 0 spiro atoms. The topological polar surface area (TPSA) is 83.6 Å². The van der Waals surface area contributed by atoms with Crippen molar-refractivity contribution >= 4 is 17.6 Å². The van der Waals surface area contributed by atoms with Crippen molar-refractivity contribution in [3.05, 3.63) is 29.3 Å². The number of rotatable bonds is 3. The SMILES string of the molecule is Nc1ccc2c(c1)C(=O)N(CCC(=O)O)CC2. The molecule has 0 saturated heterocycles. The smallest absolute Gasteiger partial charge is 0.305 e. The summed E-state index contributed by atoms with van der Waals surface area (Å²) in [5.74, 6) is -1.02. The van der Waals surface area contributed by atoms with Crippen LogP contribution < -0.4 is 5.73 Å². The Balaban J connectivity index is 2.17. The molecule has 17 heavy (non-hydrogen) atoms. The molecule has 0 atom stereocenters. The van der Waals surface area contributed by atoms with Gasteiger partial charge in [0.25, 0.3) is 5.91 Å². The average Bonchev–Trinajstić information content (AvgIpc) is 2.29. The van der Waals surface area contributed by atoms with Crippen LogP contribution >= 0.6 is 0 Å². The maximum Gasteiger partial charge on any atom is 0.305 e. The number of anilines is 1. The van der Waals surface area contributed by atoms with E-state index >= 15 is 0 Å². The minimum atomic E-state index is -0.892. The first-order valence-corrected chi connectivity index (χ1v) is 5.47. The number of nitrogens with zero attached hydrogens (tertiary/aromatic N) is 1. The number of carbonyl (C=O) groups excluding carboxylic acids is 1. The second kappa shape index (κ2) is 4.45. The Hall–Kier alpha value is -2.04. The highest BCUT2D eigenvalue weighted by molar-refractivity contribution is 5.97. The fraction of sp³-hybridized carbons (Fsp3) is 0.333. The first kappa shape index (κ1) is 11.4. The molecule has 0 fully saturated rings. The van der Waals surface area contributed by atoms with Crippen molar-refractivity contribution < 1.29 is 14.7 Å². The van der Waals surface area contributed by atoms with Crippen molar-refractivity contribution in [2.45, 2.75) is 12.8 Å². The van der Waals surface area contributed by atoms with Gasteiger partial charge in [-0.25, -0.2) is 0 Å². The van der Waals surface area contributed by atoms with E-state index in [9.17, 15) is 9.59 Å². The molecule has 1 aliphatic rings. The molecule has 1 aromatic rings. The lowest BCUT2D eigenvalue weighted by Gasteiger charge is -2.28. The zero-order valence-electron chi connectivity index (χ0n) is 9.35. The molecular formula is C12H14N2O3. The molecule has 0 bridgehead atoms. The van der Waals surface area contributed by atoms with E-state index in [4.69, 9.17) is 10.8 Å². The number of hydrogen-bond acceptors (Lipinski definition) is 3. The van der Waals surface area contributed by atoms with E-state index in [1.54, 1.807) is 17.0 Å². The lowest BCUT2D eigenvalue weighted by molar-refractivity contribution is -0.137. The fourth-order valence-electron chi connectivity index (χ4n) is 1.98. The molecule has 0 aliphatic carbocycles. The summed E-state index contributed by atoms with van der Waals surface area (Å²) < 4.78 is 0. The molecule has 0 unspecified atom stereocenters. The van der Waals surface area contributed by atoms with Crippen LogP contribution in [0.1, 0.15) is 22.3 Å². The Labute approximate surface area is 98.8 Å². The number of nitrogens with two attached hydrogens (primary N) is 1. The zero-order valence-corrected chi connectivity index (χ0v) is 9.35. The number of fused-ring (bicyclic) bond motifs is 1. The Morgan fingerprint density at radius 1 is 1.47 bits per heavy atom. The van der Waals surface area contributed by atoms with Gasteiger partial charge in [0.15, 0.2) is 0 Å². The Bertz CT molecular complexity index is 471. The summed E-state index contributed by atoms with van der Waals surface area (Å²) >= 11 is 0. The number of carboxylic acids is 1. The Morgan fingerprint density at radius 2 is 2.24 bits per heavy atom. The number of amides is 1. The first-order chi connectivity index (χ1) is 8.08. The quantitative estimate of drug-likeness (QED) is 0.755. The van der Waals surface area contributed by atoms with Crippen LogP contribution in [-0.4, -0.2) is 35.0 Å². The van der Waals surface area contributed by atoms with E-state index in [1.165, 1.54) is 0 Å². The van der Waals surface area contributed by atoms with Crippen molar-refractivity contribution in [3.8, 4) is 0 Å². The number of nitrogen functional groups attached to an aromatic ring is 1. The minimum absolute atomic E-state index is 0.0244. The van der Waals surface area contributed by atoms with Gasteiger partial charge in [-0.05, 0) is 24.1 Å². The van der Waals surface area contributed by atoms with Gasteiger partial charge in [-0.1, -0.05) is 6.07 Å². The van der Waals surface area contributed by atoms with E-state index in [2.05, 4.69) is 0 Å². The maximum atomic E-state index is 12.1. The minimum Gasteiger partial charge on any atom is -0.481 e. The molecule has 0 saturated carbocycles. The van der Waals surface area contributed by atoms with Crippen molar-refractivity contribution in [1.82, 2.24) is 4.90 Å². The second-order valence-electron chi connectivity index (χ2n) is 4.10. The van der Waals surface area contributed by atoms with Crippen LogP contribution in [0.2, 0.25) is 0 Å². The summed E-state index contributed by atoms with van der Waals surface area (Å²) in [6, 6.07) is 5.29. The summed E-state index contributed by atoms with van der Waals surface area (Å²) in [6.45, 7) is 0.825. The lowest BCUT2D eigenvalue weighted by Crippen LogP contribution is -2.38. The molecule has 5 heteroatoms. The van der Waals surface area contributed by atoms with Gasteiger partial charge < -0.3 is 15.7 Å². The fourth-order valence-corrected chi connectivity index (χ4v) is 1.98. The molecule has 1 amide bonds.